The van der Waals surface area contributed by atoms with Crippen LogP contribution in [0.4, 0.5) is 0 Å². The zero-order valence-electron chi connectivity index (χ0n) is 10.6. The molecular formula is C11H24N2O2S. The van der Waals surface area contributed by atoms with Gasteiger partial charge < -0.3 is 5.32 Å². The summed E-state index contributed by atoms with van der Waals surface area (Å²) in [4.78, 5) is 2.28. The van der Waals surface area contributed by atoms with Crippen LogP contribution in [0.3, 0.4) is 0 Å². The summed E-state index contributed by atoms with van der Waals surface area (Å²) >= 11 is 0. The van der Waals surface area contributed by atoms with E-state index in [0.29, 0.717) is 12.6 Å². The minimum Gasteiger partial charge on any atom is -0.315 e. The third-order valence-corrected chi connectivity index (χ3v) is 5.51. The minimum absolute atomic E-state index is 0.257. The van der Waals surface area contributed by atoms with E-state index in [0.717, 1.165) is 26.1 Å². The Bertz CT molecular complexity index is 301. The molecular weight excluding hydrogens is 224 g/mol. The summed E-state index contributed by atoms with van der Waals surface area (Å²) in [6, 6.07) is 0.484. The molecule has 1 fully saturated rings. The Morgan fingerprint density at radius 1 is 1.38 bits per heavy atom. The van der Waals surface area contributed by atoms with E-state index in [9.17, 15) is 8.42 Å². The van der Waals surface area contributed by atoms with Crippen LogP contribution in [-0.4, -0.2) is 56.5 Å². The van der Waals surface area contributed by atoms with Crippen molar-refractivity contribution in [3.05, 3.63) is 0 Å². The zero-order chi connectivity index (χ0) is 12.2. The Morgan fingerprint density at radius 3 is 2.69 bits per heavy atom. The first kappa shape index (κ1) is 13.9. The molecule has 0 aromatic carbocycles. The second-order valence-electron chi connectivity index (χ2n) is 4.84. The predicted molar refractivity (Wildman–Crippen MR) is 67.4 cm³/mol. The van der Waals surface area contributed by atoms with Gasteiger partial charge >= 0.3 is 0 Å². The zero-order valence-corrected chi connectivity index (χ0v) is 11.4. The smallest absolute Gasteiger partial charge is 0.153 e. The molecule has 1 heterocycles. The number of nitrogens with one attached hydrogen (secondary N) is 1. The van der Waals surface area contributed by atoms with Gasteiger partial charge in [0.05, 0.1) is 11.0 Å². The molecule has 0 spiro atoms. The van der Waals surface area contributed by atoms with Gasteiger partial charge in [0.15, 0.2) is 9.84 Å². The summed E-state index contributed by atoms with van der Waals surface area (Å²) in [6.45, 7) is 9.30. The fourth-order valence-corrected chi connectivity index (χ4v) is 2.83. The van der Waals surface area contributed by atoms with Crippen molar-refractivity contribution in [2.24, 2.45) is 0 Å². The first-order chi connectivity index (χ1) is 7.43. The van der Waals surface area contributed by atoms with Crippen LogP contribution in [0.2, 0.25) is 0 Å². The lowest BCUT2D eigenvalue weighted by atomic mass is 10.2. The van der Waals surface area contributed by atoms with Crippen molar-refractivity contribution in [1.29, 1.82) is 0 Å². The third kappa shape index (κ3) is 4.03. The molecule has 0 saturated carbocycles. The van der Waals surface area contributed by atoms with E-state index in [2.05, 4.69) is 17.1 Å². The lowest BCUT2D eigenvalue weighted by molar-refractivity contribution is 0.233. The molecule has 0 aromatic heterocycles. The monoisotopic (exact) mass is 248 g/mol. The summed E-state index contributed by atoms with van der Waals surface area (Å²) < 4.78 is 23.4. The van der Waals surface area contributed by atoms with Crippen molar-refractivity contribution in [3.8, 4) is 0 Å². The summed E-state index contributed by atoms with van der Waals surface area (Å²) in [7, 11) is -2.89. The van der Waals surface area contributed by atoms with Crippen molar-refractivity contribution in [1.82, 2.24) is 10.2 Å². The maximum Gasteiger partial charge on any atom is 0.153 e. The standard InChI is InChI=1S/C11H24N2O2S/c1-10(2)16(14,15)9-8-13-7-6-12-5-4-11(13)3/h10-12H,4-9H2,1-3H3. The highest BCUT2D eigenvalue weighted by Gasteiger charge is 2.21. The molecule has 0 amide bonds. The van der Waals surface area contributed by atoms with E-state index in [4.69, 9.17) is 0 Å². The van der Waals surface area contributed by atoms with Gasteiger partial charge in [0, 0.05) is 25.7 Å². The highest BCUT2D eigenvalue weighted by Crippen LogP contribution is 2.08. The van der Waals surface area contributed by atoms with Crippen molar-refractivity contribution in [2.75, 3.05) is 31.9 Å². The first-order valence-corrected chi connectivity index (χ1v) is 7.81. The van der Waals surface area contributed by atoms with E-state index in [1.165, 1.54) is 0 Å². The molecule has 1 saturated heterocycles. The molecule has 5 heteroatoms. The van der Waals surface area contributed by atoms with Gasteiger partial charge in [-0.1, -0.05) is 0 Å². The lowest BCUT2D eigenvalue weighted by Gasteiger charge is -2.26. The molecule has 1 rings (SSSR count). The van der Waals surface area contributed by atoms with Gasteiger partial charge in [-0.05, 0) is 33.7 Å². The Balaban J connectivity index is 2.47. The second kappa shape index (κ2) is 5.98. The van der Waals surface area contributed by atoms with Gasteiger partial charge in [0.2, 0.25) is 0 Å². The molecule has 0 radical (unpaired) electrons. The molecule has 1 aliphatic heterocycles. The lowest BCUT2D eigenvalue weighted by Crippen LogP contribution is -2.38. The van der Waals surface area contributed by atoms with E-state index < -0.39 is 9.84 Å². The van der Waals surface area contributed by atoms with Crippen molar-refractivity contribution >= 4 is 9.84 Å². The Hall–Kier alpha value is -0.130. The van der Waals surface area contributed by atoms with Gasteiger partial charge in [0.1, 0.15) is 0 Å². The average Bonchev–Trinajstić information content (AvgIpc) is 2.40. The number of nitrogens with zero attached hydrogens (tertiary/aromatic N) is 1. The Labute approximate surface area is 99.3 Å². The molecule has 0 aromatic rings. The number of sulfone groups is 1. The van der Waals surface area contributed by atoms with Crippen LogP contribution < -0.4 is 5.32 Å². The average molecular weight is 248 g/mol. The van der Waals surface area contributed by atoms with Gasteiger partial charge in [-0.15, -0.1) is 0 Å². The topological polar surface area (TPSA) is 49.4 Å². The van der Waals surface area contributed by atoms with Gasteiger partial charge in [-0.2, -0.15) is 0 Å². The van der Waals surface area contributed by atoms with E-state index >= 15 is 0 Å². The number of hydrogen-bond acceptors (Lipinski definition) is 4. The summed E-state index contributed by atoms with van der Waals surface area (Å²) in [5.41, 5.74) is 0. The van der Waals surface area contributed by atoms with Crippen LogP contribution in [0.15, 0.2) is 0 Å². The van der Waals surface area contributed by atoms with Gasteiger partial charge in [-0.25, -0.2) is 8.42 Å². The van der Waals surface area contributed by atoms with Gasteiger partial charge in [-0.3, -0.25) is 4.90 Å². The van der Waals surface area contributed by atoms with Crippen molar-refractivity contribution in [2.45, 2.75) is 38.5 Å². The normalized spacial score (nSPS) is 24.6. The molecule has 16 heavy (non-hydrogen) atoms. The second-order valence-corrected chi connectivity index (χ2v) is 7.52. The quantitative estimate of drug-likeness (QED) is 0.787. The van der Waals surface area contributed by atoms with Crippen LogP contribution in [0, 0.1) is 0 Å². The molecule has 1 atom stereocenters. The fourth-order valence-electron chi connectivity index (χ4n) is 1.87. The molecule has 4 nitrogen and oxygen atoms in total. The Kier molecular flexibility index (Phi) is 5.21. The molecule has 0 bridgehead atoms. The highest BCUT2D eigenvalue weighted by atomic mass is 32.2. The highest BCUT2D eigenvalue weighted by molar-refractivity contribution is 7.92. The summed E-state index contributed by atoms with van der Waals surface area (Å²) in [6.07, 6.45) is 1.10. The minimum atomic E-state index is -2.89. The maximum atomic E-state index is 11.7. The van der Waals surface area contributed by atoms with Gasteiger partial charge in [0.25, 0.3) is 0 Å². The van der Waals surface area contributed by atoms with Crippen molar-refractivity contribution in [3.63, 3.8) is 0 Å². The predicted octanol–water partition coefficient (Wildman–Crippen LogP) is 0.493. The molecule has 1 unspecified atom stereocenters. The molecule has 96 valence electrons. The fraction of sp³-hybridized carbons (Fsp3) is 1.00. The SMILES string of the molecule is CC1CCNCCN1CCS(=O)(=O)C(C)C. The van der Waals surface area contributed by atoms with E-state index in [-0.39, 0.29) is 11.0 Å². The molecule has 1 aliphatic rings. The van der Waals surface area contributed by atoms with E-state index in [1.54, 1.807) is 13.8 Å². The summed E-state index contributed by atoms with van der Waals surface area (Å²) in [5.74, 6) is 0.287. The van der Waals surface area contributed by atoms with Crippen molar-refractivity contribution < 1.29 is 8.42 Å². The number of hydrogen-bond donors (Lipinski definition) is 1. The van der Waals surface area contributed by atoms with Crippen LogP contribution >= 0.6 is 0 Å². The number of rotatable bonds is 4. The Morgan fingerprint density at radius 2 is 2.06 bits per heavy atom. The van der Waals surface area contributed by atoms with Crippen LogP contribution in [0.1, 0.15) is 27.2 Å². The van der Waals surface area contributed by atoms with Crippen LogP contribution in [0.5, 0.6) is 0 Å². The largest absolute Gasteiger partial charge is 0.315 e. The van der Waals surface area contributed by atoms with Crippen LogP contribution in [0.25, 0.3) is 0 Å². The summed E-state index contributed by atoms with van der Waals surface area (Å²) in [5, 5.41) is 3.08. The van der Waals surface area contributed by atoms with E-state index in [1.807, 2.05) is 0 Å². The first-order valence-electron chi connectivity index (χ1n) is 6.10. The molecule has 1 N–H and O–H groups in total. The molecule has 0 aliphatic carbocycles. The third-order valence-electron chi connectivity index (χ3n) is 3.32. The van der Waals surface area contributed by atoms with Crippen LogP contribution in [-0.2, 0) is 9.84 Å². The maximum absolute atomic E-state index is 11.7.